The molecule has 0 amide bonds. The van der Waals surface area contributed by atoms with Crippen molar-refractivity contribution in [2.45, 2.75) is 63.1 Å². The minimum absolute atomic E-state index is 0.157. The van der Waals surface area contributed by atoms with Gasteiger partial charge in [0.2, 0.25) is 0 Å². The highest BCUT2D eigenvalue weighted by Gasteiger charge is 2.59. The number of rotatable bonds is 0. The van der Waals surface area contributed by atoms with E-state index >= 15 is 0 Å². The summed E-state index contributed by atoms with van der Waals surface area (Å²) in [4.78, 5) is 0. The first-order chi connectivity index (χ1) is 7.46. The van der Waals surface area contributed by atoms with Crippen LogP contribution < -0.4 is 0 Å². The maximum Gasteiger partial charge on any atom is 0.190 e. The van der Waals surface area contributed by atoms with Crippen molar-refractivity contribution in [3.05, 3.63) is 0 Å². The third kappa shape index (κ3) is 1.57. The van der Waals surface area contributed by atoms with Gasteiger partial charge in [0, 0.05) is 6.42 Å². The van der Waals surface area contributed by atoms with Crippen LogP contribution in [-0.4, -0.2) is 53.0 Å². The molecule has 92 valence electrons. The van der Waals surface area contributed by atoms with Crippen molar-refractivity contribution in [1.29, 1.82) is 0 Å². The number of aliphatic hydroxyl groups excluding tert-OH is 2. The molecular weight excluding hydrogens is 216 g/mol. The molecule has 3 aliphatic heterocycles. The summed E-state index contributed by atoms with van der Waals surface area (Å²) in [5.74, 6) is -0.711. The van der Waals surface area contributed by atoms with Gasteiger partial charge in [0.05, 0.1) is 6.10 Å². The highest BCUT2D eigenvalue weighted by molar-refractivity contribution is 4.99. The quantitative estimate of drug-likeness (QED) is 0.577. The van der Waals surface area contributed by atoms with Crippen LogP contribution in [0.2, 0.25) is 0 Å². The first-order valence-corrected chi connectivity index (χ1v) is 5.49. The minimum Gasteiger partial charge on any atom is -0.390 e. The molecule has 0 aromatic carbocycles. The van der Waals surface area contributed by atoms with Crippen LogP contribution in [0, 0.1) is 0 Å². The summed E-state index contributed by atoms with van der Waals surface area (Å²) < 4.78 is 22.1. The Labute approximate surface area is 93.0 Å². The molecule has 0 aromatic heterocycles. The van der Waals surface area contributed by atoms with Crippen molar-refractivity contribution >= 4 is 0 Å². The Hall–Kier alpha value is -0.240. The molecule has 0 radical (unpaired) electrons. The van der Waals surface area contributed by atoms with Crippen molar-refractivity contribution in [3.63, 3.8) is 0 Å². The van der Waals surface area contributed by atoms with Crippen molar-refractivity contribution in [2.24, 2.45) is 0 Å². The first-order valence-electron chi connectivity index (χ1n) is 5.49. The molecule has 0 aromatic rings. The SMILES string of the molecule is CC1(C)OC2OC3C(O)CC(O)OC3C2O1. The van der Waals surface area contributed by atoms with Gasteiger partial charge in [0.1, 0.15) is 18.3 Å². The van der Waals surface area contributed by atoms with Crippen LogP contribution in [0.4, 0.5) is 0 Å². The molecule has 0 saturated carbocycles. The van der Waals surface area contributed by atoms with Crippen molar-refractivity contribution in [1.82, 2.24) is 0 Å². The van der Waals surface area contributed by atoms with E-state index in [0.717, 1.165) is 0 Å². The van der Waals surface area contributed by atoms with Crippen LogP contribution in [0.1, 0.15) is 20.3 Å². The number of aliphatic hydroxyl groups is 2. The second-order valence-electron chi connectivity index (χ2n) is 4.93. The lowest BCUT2D eigenvalue weighted by Gasteiger charge is -2.35. The number of hydrogen-bond acceptors (Lipinski definition) is 6. The van der Waals surface area contributed by atoms with Gasteiger partial charge in [-0.3, -0.25) is 0 Å². The molecule has 2 N–H and O–H groups in total. The Bertz CT molecular complexity index is 293. The van der Waals surface area contributed by atoms with Gasteiger partial charge in [-0.05, 0) is 13.8 Å². The maximum atomic E-state index is 9.76. The normalized spacial score (nSPS) is 54.8. The second kappa shape index (κ2) is 3.38. The van der Waals surface area contributed by atoms with Crippen molar-refractivity contribution in [3.8, 4) is 0 Å². The highest BCUT2D eigenvalue weighted by Crippen LogP contribution is 2.42. The van der Waals surface area contributed by atoms with Gasteiger partial charge in [-0.1, -0.05) is 0 Å². The Morgan fingerprint density at radius 1 is 1.00 bits per heavy atom. The molecule has 6 heteroatoms. The van der Waals surface area contributed by atoms with E-state index in [-0.39, 0.29) is 12.5 Å². The third-order valence-electron chi connectivity index (χ3n) is 3.16. The second-order valence-corrected chi connectivity index (χ2v) is 4.93. The smallest absolute Gasteiger partial charge is 0.190 e. The van der Waals surface area contributed by atoms with Gasteiger partial charge in [0.15, 0.2) is 18.4 Å². The van der Waals surface area contributed by atoms with Crippen LogP contribution in [0.5, 0.6) is 0 Å². The van der Waals surface area contributed by atoms with Crippen molar-refractivity contribution in [2.75, 3.05) is 0 Å². The standard InChI is InChI=1S/C10H16O6/c1-10(2)15-8-7-6(14-9(8)16-10)4(11)3-5(12)13-7/h4-9,11-12H,3H2,1-2H3. The fraction of sp³-hybridized carbons (Fsp3) is 1.00. The van der Waals surface area contributed by atoms with E-state index in [1.165, 1.54) is 0 Å². The summed E-state index contributed by atoms with van der Waals surface area (Å²) in [6.45, 7) is 3.58. The molecule has 6 nitrogen and oxygen atoms in total. The highest BCUT2D eigenvalue weighted by atomic mass is 16.8. The van der Waals surface area contributed by atoms with E-state index < -0.39 is 36.7 Å². The molecule has 3 rings (SSSR count). The van der Waals surface area contributed by atoms with Crippen molar-refractivity contribution < 1.29 is 29.2 Å². The molecular formula is C10H16O6. The lowest BCUT2D eigenvalue weighted by atomic mass is 10.00. The molecule has 3 saturated heterocycles. The average molecular weight is 232 g/mol. The van der Waals surface area contributed by atoms with Crippen LogP contribution in [-0.2, 0) is 18.9 Å². The fourth-order valence-electron chi connectivity index (χ4n) is 2.55. The third-order valence-corrected chi connectivity index (χ3v) is 3.16. The van der Waals surface area contributed by atoms with Gasteiger partial charge in [0.25, 0.3) is 0 Å². The Morgan fingerprint density at radius 2 is 1.75 bits per heavy atom. The summed E-state index contributed by atoms with van der Waals surface area (Å²) in [7, 11) is 0. The Kier molecular flexibility index (Phi) is 2.30. The van der Waals surface area contributed by atoms with Gasteiger partial charge in [-0.15, -0.1) is 0 Å². The molecule has 0 bridgehead atoms. The van der Waals surface area contributed by atoms with E-state index in [0.29, 0.717) is 0 Å². The van der Waals surface area contributed by atoms with Gasteiger partial charge >= 0.3 is 0 Å². The Balaban J connectivity index is 1.80. The summed E-state index contributed by atoms with van der Waals surface area (Å²) in [6, 6.07) is 0. The van der Waals surface area contributed by atoms with Crippen LogP contribution in [0.15, 0.2) is 0 Å². The predicted octanol–water partition coefficient (Wildman–Crippen LogP) is -0.669. The molecule has 6 atom stereocenters. The fourth-order valence-corrected chi connectivity index (χ4v) is 2.55. The Morgan fingerprint density at radius 3 is 2.50 bits per heavy atom. The topological polar surface area (TPSA) is 77.4 Å². The molecule has 16 heavy (non-hydrogen) atoms. The zero-order valence-electron chi connectivity index (χ0n) is 9.20. The number of ether oxygens (including phenoxy) is 4. The van der Waals surface area contributed by atoms with E-state index in [1.807, 2.05) is 0 Å². The monoisotopic (exact) mass is 232 g/mol. The molecule has 6 unspecified atom stereocenters. The van der Waals surface area contributed by atoms with Gasteiger partial charge in [-0.25, -0.2) is 0 Å². The summed E-state index contributed by atoms with van der Waals surface area (Å²) >= 11 is 0. The first kappa shape index (κ1) is 10.9. The van der Waals surface area contributed by atoms with Crippen LogP contribution >= 0.6 is 0 Å². The predicted molar refractivity (Wildman–Crippen MR) is 50.2 cm³/mol. The lowest BCUT2D eigenvalue weighted by molar-refractivity contribution is -0.271. The molecule has 0 spiro atoms. The lowest BCUT2D eigenvalue weighted by Crippen LogP contribution is -2.50. The molecule has 0 aliphatic carbocycles. The minimum atomic E-state index is -0.967. The zero-order valence-corrected chi connectivity index (χ0v) is 9.20. The summed E-state index contributed by atoms with van der Waals surface area (Å²) in [5, 5.41) is 19.2. The number of hydrogen-bond donors (Lipinski definition) is 2. The van der Waals surface area contributed by atoms with Gasteiger partial charge in [-0.2, -0.15) is 0 Å². The van der Waals surface area contributed by atoms with E-state index in [9.17, 15) is 10.2 Å². The average Bonchev–Trinajstić information content (AvgIpc) is 2.59. The van der Waals surface area contributed by atoms with Gasteiger partial charge < -0.3 is 29.2 Å². The van der Waals surface area contributed by atoms with E-state index in [2.05, 4.69) is 0 Å². The van der Waals surface area contributed by atoms with Crippen LogP contribution in [0.25, 0.3) is 0 Å². The number of fused-ring (bicyclic) bond motifs is 3. The molecule has 3 heterocycles. The molecule has 3 fully saturated rings. The van der Waals surface area contributed by atoms with E-state index in [4.69, 9.17) is 18.9 Å². The maximum absolute atomic E-state index is 9.76. The zero-order chi connectivity index (χ0) is 11.5. The summed E-state index contributed by atoms with van der Waals surface area (Å²) in [6.07, 6.45) is -3.40. The summed E-state index contributed by atoms with van der Waals surface area (Å²) in [5.41, 5.74) is 0. The van der Waals surface area contributed by atoms with Crippen LogP contribution in [0.3, 0.4) is 0 Å². The van der Waals surface area contributed by atoms with E-state index in [1.54, 1.807) is 13.8 Å². The molecule has 3 aliphatic rings. The largest absolute Gasteiger partial charge is 0.390 e.